The molecule has 0 atom stereocenters. The second kappa shape index (κ2) is 5.09. The summed E-state index contributed by atoms with van der Waals surface area (Å²) in [6.45, 7) is 4.63. The number of nitrogens with one attached hydrogen (secondary N) is 1. The lowest BCUT2D eigenvalue weighted by atomic mass is 10.0. The second-order valence-corrected chi connectivity index (χ2v) is 5.47. The summed E-state index contributed by atoms with van der Waals surface area (Å²) in [7, 11) is 0. The van der Waals surface area contributed by atoms with Crippen molar-refractivity contribution in [3.8, 4) is 0 Å². The highest BCUT2D eigenvalue weighted by Gasteiger charge is 2.37. The van der Waals surface area contributed by atoms with Gasteiger partial charge in [0.2, 0.25) is 0 Å². The molecule has 7 heteroatoms. The molecule has 7 nitrogen and oxygen atoms in total. The number of nitro groups is 1. The molecule has 0 aliphatic carbocycles. The van der Waals surface area contributed by atoms with Crippen molar-refractivity contribution < 1.29 is 9.72 Å². The molecular formula is C13H18N4O3. The first kappa shape index (κ1) is 14.3. The zero-order valence-corrected chi connectivity index (χ0v) is 11.5. The number of benzene rings is 1. The summed E-state index contributed by atoms with van der Waals surface area (Å²) < 4.78 is 0. The number of carbonyl (C=O) groups is 1. The predicted molar refractivity (Wildman–Crippen MR) is 75.3 cm³/mol. The van der Waals surface area contributed by atoms with E-state index in [0.717, 1.165) is 12.8 Å². The molecule has 0 aromatic heterocycles. The first-order valence-corrected chi connectivity index (χ1v) is 6.44. The van der Waals surface area contributed by atoms with Gasteiger partial charge in [-0.2, -0.15) is 0 Å². The number of hydrogen-bond donors (Lipinski definition) is 2. The highest BCUT2D eigenvalue weighted by atomic mass is 16.6. The Hall–Kier alpha value is -2.15. The predicted octanol–water partition coefficient (Wildman–Crippen LogP) is 1.89. The fourth-order valence-electron chi connectivity index (χ4n) is 2.65. The number of rotatable bonds is 3. The van der Waals surface area contributed by atoms with Gasteiger partial charge in [-0.15, -0.1) is 0 Å². The Morgan fingerprint density at radius 3 is 2.70 bits per heavy atom. The third-order valence-electron chi connectivity index (χ3n) is 3.76. The quantitative estimate of drug-likeness (QED) is 0.499. The molecule has 1 aliphatic heterocycles. The molecule has 1 amide bonds. The summed E-state index contributed by atoms with van der Waals surface area (Å²) in [6.07, 6.45) is 1.85. The number of nitrogen functional groups attached to an aromatic ring is 1. The second-order valence-electron chi connectivity index (χ2n) is 5.47. The van der Waals surface area contributed by atoms with Crippen LogP contribution in [0.25, 0.3) is 0 Å². The van der Waals surface area contributed by atoms with Gasteiger partial charge in [0.1, 0.15) is 5.69 Å². The van der Waals surface area contributed by atoms with E-state index in [1.54, 1.807) is 11.0 Å². The average molecular weight is 278 g/mol. The SMILES string of the molecule is CC1(C)CCCN1C(=O)c1cccc([N+](=O)[O-])c1NN. The Bertz CT molecular complexity index is 557. The molecule has 1 aliphatic rings. The molecule has 2 rings (SSSR count). The number of amides is 1. The molecule has 0 spiro atoms. The minimum absolute atomic E-state index is 0.0604. The molecule has 1 saturated heterocycles. The third kappa shape index (κ3) is 2.32. The lowest BCUT2D eigenvalue weighted by molar-refractivity contribution is -0.384. The van der Waals surface area contributed by atoms with Crippen LogP contribution in [0.1, 0.15) is 37.0 Å². The van der Waals surface area contributed by atoms with Gasteiger partial charge in [-0.05, 0) is 32.8 Å². The Kier molecular flexibility index (Phi) is 3.63. The van der Waals surface area contributed by atoms with E-state index in [1.807, 2.05) is 13.8 Å². The molecule has 1 fully saturated rings. The van der Waals surface area contributed by atoms with E-state index in [0.29, 0.717) is 6.54 Å². The fraction of sp³-hybridized carbons (Fsp3) is 0.462. The average Bonchev–Trinajstić information content (AvgIpc) is 2.76. The van der Waals surface area contributed by atoms with Gasteiger partial charge in [0.15, 0.2) is 0 Å². The van der Waals surface area contributed by atoms with Crippen molar-refractivity contribution in [2.45, 2.75) is 32.2 Å². The molecule has 20 heavy (non-hydrogen) atoms. The van der Waals surface area contributed by atoms with Crippen molar-refractivity contribution >= 4 is 17.3 Å². The summed E-state index contributed by atoms with van der Waals surface area (Å²) in [5.74, 6) is 5.14. The van der Waals surface area contributed by atoms with Gasteiger partial charge in [-0.3, -0.25) is 20.8 Å². The Balaban J connectivity index is 2.45. The summed E-state index contributed by atoms with van der Waals surface area (Å²) in [5.41, 5.74) is 2.14. The lowest BCUT2D eigenvalue weighted by Gasteiger charge is -2.32. The van der Waals surface area contributed by atoms with Crippen LogP contribution in [0.2, 0.25) is 0 Å². The molecule has 1 aromatic carbocycles. The number of nitro benzene ring substituents is 1. The lowest BCUT2D eigenvalue weighted by Crippen LogP contribution is -2.43. The normalized spacial score (nSPS) is 17.1. The van der Waals surface area contributed by atoms with E-state index in [4.69, 9.17) is 5.84 Å². The topological polar surface area (TPSA) is 102 Å². The first-order valence-electron chi connectivity index (χ1n) is 6.44. The maximum atomic E-state index is 12.6. The van der Waals surface area contributed by atoms with Gasteiger partial charge in [-0.25, -0.2) is 0 Å². The van der Waals surface area contributed by atoms with Crippen LogP contribution in [0.15, 0.2) is 18.2 Å². The highest BCUT2D eigenvalue weighted by Crippen LogP contribution is 2.33. The fourth-order valence-corrected chi connectivity index (χ4v) is 2.65. The van der Waals surface area contributed by atoms with Crippen molar-refractivity contribution in [1.29, 1.82) is 0 Å². The summed E-state index contributed by atoms with van der Waals surface area (Å²) >= 11 is 0. The van der Waals surface area contributed by atoms with Gasteiger partial charge in [-0.1, -0.05) is 6.07 Å². The molecule has 0 saturated carbocycles. The summed E-state index contributed by atoms with van der Waals surface area (Å²) in [6, 6.07) is 4.37. The minimum Gasteiger partial charge on any atom is -0.333 e. The molecule has 0 unspecified atom stereocenters. The zero-order chi connectivity index (χ0) is 14.9. The van der Waals surface area contributed by atoms with Crippen molar-refractivity contribution in [3.05, 3.63) is 33.9 Å². The van der Waals surface area contributed by atoms with Crippen LogP contribution in [0.5, 0.6) is 0 Å². The first-order chi connectivity index (χ1) is 9.38. The van der Waals surface area contributed by atoms with Crippen LogP contribution < -0.4 is 11.3 Å². The minimum atomic E-state index is -0.554. The van der Waals surface area contributed by atoms with Crippen LogP contribution >= 0.6 is 0 Å². The number of hydrogen-bond acceptors (Lipinski definition) is 5. The van der Waals surface area contributed by atoms with E-state index in [-0.39, 0.29) is 28.4 Å². The van der Waals surface area contributed by atoms with E-state index in [2.05, 4.69) is 5.43 Å². The van der Waals surface area contributed by atoms with Gasteiger partial charge in [0.25, 0.3) is 11.6 Å². The largest absolute Gasteiger partial charge is 0.333 e. The summed E-state index contributed by atoms with van der Waals surface area (Å²) in [5, 5.41) is 11.0. The molecular weight excluding hydrogens is 260 g/mol. The van der Waals surface area contributed by atoms with E-state index in [9.17, 15) is 14.9 Å². The van der Waals surface area contributed by atoms with Gasteiger partial charge in [0, 0.05) is 18.2 Å². The van der Waals surface area contributed by atoms with Crippen LogP contribution in [0, 0.1) is 10.1 Å². The van der Waals surface area contributed by atoms with Crippen LogP contribution in [-0.4, -0.2) is 27.8 Å². The monoisotopic (exact) mass is 278 g/mol. The number of nitrogens with two attached hydrogens (primary N) is 1. The van der Waals surface area contributed by atoms with E-state index >= 15 is 0 Å². The van der Waals surface area contributed by atoms with Gasteiger partial charge >= 0.3 is 0 Å². The van der Waals surface area contributed by atoms with Gasteiger partial charge in [0.05, 0.1) is 10.5 Å². The molecule has 3 N–H and O–H groups in total. The number of anilines is 1. The molecule has 1 aromatic rings. The number of carbonyl (C=O) groups excluding carboxylic acids is 1. The Morgan fingerprint density at radius 2 is 2.20 bits per heavy atom. The smallest absolute Gasteiger partial charge is 0.294 e. The third-order valence-corrected chi connectivity index (χ3v) is 3.76. The standard InChI is InChI=1S/C13H18N4O3/c1-13(2)7-4-8-16(13)12(18)9-5-3-6-10(17(19)20)11(9)15-14/h3,5-6,15H,4,7-8,14H2,1-2H3. The zero-order valence-electron chi connectivity index (χ0n) is 11.5. The molecule has 0 radical (unpaired) electrons. The molecule has 108 valence electrons. The summed E-state index contributed by atoms with van der Waals surface area (Å²) in [4.78, 5) is 24.8. The van der Waals surface area contributed by atoms with Crippen LogP contribution in [0.3, 0.4) is 0 Å². The molecule has 0 bridgehead atoms. The van der Waals surface area contributed by atoms with Crippen molar-refractivity contribution in [3.63, 3.8) is 0 Å². The maximum Gasteiger partial charge on any atom is 0.294 e. The Labute approximate surface area is 116 Å². The van der Waals surface area contributed by atoms with Gasteiger partial charge < -0.3 is 10.3 Å². The van der Waals surface area contributed by atoms with Crippen molar-refractivity contribution in [2.75, 3.05) is 12.0 Å². The number of likely N-dealkylation sites (tertiary alicyclic amines) is 1. The van der Waals surface area contributed by atoms with Crippen LogP contribution in [-0.2, 0) is 0 Å². The van der Waals surface area contributed by atoms with E-state index < -0.39 is 4.92 Å². The number of hydrazine groups is 1. The Morgan fingerprint density at radius 1 is 1.50 bits per heavy atom. The van der Waals surface area contributed by atoms with E-state index in [1.165, 1.54) is 12.1 Å². The van der Waals surface area contributed by atoms with Crippen LogP contribution in [0.4, 0.5) is 11.4 Å². The highest BCUT2D eigenvalue weighted by molar-refractivity contribution is 6.02. The number of nitrogens with zero attached hydrogens (tertiary/aromatic N) is 2. The van der Waals surface area contributed by atoms with Crippen molar-refractivity contribution in [1.82, 2.24) is 4.90 Å². The number of para-hydroxylation sites is 1. The molecule has 1 heterocycles. The maximum absolute atomic E-state index is 12.6. The van der Waals surface area contributed by atoms with Crippen molar-refractivity contribution in [2.24, 2.45) is 5.84 Å².